The molecule has 1 aromatic carbocycles. The molecule has 21 heavy (non-hydrogen) atoms. The van der Waals surface area contributed by atoms with Crippen LogP contribution in [0.5, 0.6) is 0 Å². The van der Waals surface area contributed by atoms with E-state index in [9.17, 15) is 4.39 Å². The molecule has 0 amide bonds. The lowest BCUT2D eigenvalue weighted by Crippen LogP contribution is -2.18. The molecule has 2 aromatic rings. The third-order valence-electron chi connectivity index (χ3n) is 3.15. The SMILES string of the molecule is CC(C)CNCc1ccn(Cc2cc(F)cc(C#N)c2)c1. The summed E-state index contributed by atoms with van der Waals surface area (Å²) in [7, 11) is 0. The van der Waals surface area contributed by atoms with E-state index >= 15 is 0 Å². The van der Waals surface area contributed by atoms with Gasteiger partial charge in [-0.3, -0.25) is 0 Å². The van der Waals surface area contributed by atoms with Gasteiger partial charge in [-0.2, -0.15) is 5.26 Å². The fourth-order valence-corrected chi connectivity index (χ4v) is 2.22. The average Bonchev–Trinajstić information content (AvgIpc) is 2.85. The van der Waals surface area contributed by atoms with Crippen LogP contribution in [-0.4, -0.2) is 11.1 Å². The molecule has 0 atom stereocenters. The van der Waals surface area contributed by atoms with Crippen molar-refractivity contribution in [2.24, 2.45) is 5.92 Å². The molecule has 0 unspecified atom stereocenters. The second-order valence-electron chi connectivity index (χ2n) is 5.68. The molecule has 3 nitrogen and oxygen atoms in total. The van der Waals surface area contributed by atoms with Gasteiger partial charge < -0.3 is 9.88 Å². The molecule has 1 N–H and O–H groups in total. The number of benzene rings is 1. The fraction of sp³-hybridized carbons (Fsp3) is 0.353. The van der Waals surface area contributed by atoms with Crippen LogP contribution in [0.3, 0.4) is 0 Å². The number of rotatable bonds is 6. The normalized spacial score (nSPS) is 10.8. The topological polar surface area (TPSA) is 40.8 Å². The van der Waals surface area contributed by atoms with Gasteiger partial charge in [-0.05, 0) is 47.9 Å². The zero-order chi connectivity index (χ0) is 15.2. The van der Waals surface area contributed by atoms with Crippen LogP contribution in [0.15, 0.2) is 36.7 Å². The van der Waals surface area contributed by atoms with Gasteiger partial charge in [0.05, 0.1) is 11.6 Å². The Morgan fingerprint density at radius 3 is 2.81 bits per heavy atom. The van der Waals surface area contributed by atoms with Crippen molar-refractivity contribution >= 4 is 0 Å². The zero-order valence-electron chi connectivity index (χ0n) is 12.4. The molecule has 2 rings (SSSR count). The highest BCUT2D eigenvalue weighted by molar-refractivity contribution is 5.33. The molecule has 110 valence electrons. The van der Waals surface area contributed by atoms with E-state index in [2.05, 4.69) is 25.2 Å². The first-order chi connectivity index (χ1) is 10.1. The number of hydrogen-bond acceptors (Lipinski definition) is 2. The van der Waals surface area contributed by atoms with Crippen molar-refractivity contribution in [3.63, 3.8) is 0 Å². The summed E-state index contributed by atoms with van der Waals surface area (Å²) in [5.41, 5.74) is 2.35. The molecule has 1 heterocycles. The van der Waals surface area contributed by atoms with Crippen LogP contribution < -0.4 is 5.32 Å². The predicted molar refractivity (Wildman–Crippen MR) is 81.2 cm³/mol. The van der Waals surface area contributed by atoms with E-state index in [0.717, 1.165) is 18.7 Å². The van der Waals surface area contributed by atoms with Gasteiger partial charge in [0.25, 0.3) is 0 Å². The van der Waals surface area contributed by atoms with Gasteiger partial charge in [0, 0.05) is 25.5 Å². The monoisotopic (exact) mass is 285 g/mol. The maximum atomic E-state index is 13.4. The van der Waals surface area contributed by atoms with E-state index in [0.29, 0.717) is 18.0 Å². The fourth-order valence-electron chi connectivity index (χ4n) is 2.22. The lowest BCUT2D eigenvalue weighted by Gasteiger charge is -2.06. The maximum absolute atomic E-state index is 13.4. The highest BCUT2D eigenvalue weighted by atomic mass is 19.1. The summed E-state index contributed by atoms with van der Waals surface area (Å²) < 4.78 is 15.4. The van der Waals surface area contributed by atoms with Crippen molar-refractivity contribution in [1.82, 2.24) is 9.88 Å². The van der Waals surface area contributed by atoms with Crippen LogP contribution >= 0.6 is 0 Å². The quantitative estimate of drug-likeness (QED) is 0.884. The van der Waals surface area contributed by atoms with E-state index in [1.54, 1.807) is 6.07 Å². The Morgan fingerprint density at radius 1 is 1.29 bits per heavy atom. The Bertz CT molecular complexity index is 638. The third-order valence-corrected chi connectivity index (χ3v) is 3.15. The summed E-state index contributed by atoms with van der Waals surface area (Å²) in [6.07, 6.45) is 4.02. The van der Waals surface area contributed by atoms with E-state index in [1.165, 1.54) is 17.7 Å². The van der Waals surface area contributed by atoms with Crippen molar-refractivity contribution in [2.75, 3.05) is 6.54 Å². The van der Waals surface area contributed by atoms with Gasteiger partial charge in [0.2, 0.25) is 0 Å². The highest BCUT2D eigenvalue weighted by Crippen LogP contribution is 2.11. The van der Waals surface area contributed by atoms with Gasteiger partial charge >= 0.3 is 0 Å². The molecule has 1 aromatic heterocycles. The van der Waals surface area contributed by atoms with Gasteiger partial charge in [-0.1, -0.05) is 13.8 Å². The minimum atomic E-state index is -0.366. The number of aromatic nitrogens is 1. The molecule has 0 aliphatic rings. The van der Waals surface area contributed by atoms with Gasteiger partial charge in [0.15, 0.2) is 0 Å². The minimum absolute atomic E-state index is 0.357. The van der Waals surface area contributed by atoms with E-state index in [4.69, 9.17) is 5.26 Å². The van der Waals surface area contributed by atoms with Crippen LogP contribution in [0.2, 0.25) is 0 Å². The van der Waals surface area contributed by atoms with Gasteiger partial charge in [-0.15, -0.1) is 0 Å². The lowest BCUT2D eigenvalue weighted by molar-refractivity contribution is 0.552. The van der Waals surface area contributed by atoms with Crippen LogP contribution in [0.4, 0.5) is 4.39 Å². The second kappa shape index (κ2) is 7.05. The van der Waals surface area contributed by atoms with Crippen molar-refractivity contribution < 1.29 is 4.39 Å². The molecular formula is C17H20FN3. The van der Waals surface area contributed by atoms with E-state index in [1.807, 2.05) is 23.0 Å². The van der Waals surface area contributed by atoms with Crippen molar-refractivity contribution in [3.8, 4) is 6.07 Å². The zero-order valence-corrected chi connectivity index (χ0v) is 12.4. The molecule has 0 aliphatic heterocycles. The van der Waals surface area contributed by atoms with Crippen LogP contribution in [0.1, 0.15) is 30.5 Å². The maximum Gasteiger partial charge on any atom is 0.124 e. The molecule has 0 bridgehead atoms. The highest BCUT2D eigenvalue weighted by Gasteiger charge is 2.03. The summed E-state index contributed by atoms with van der Waals surface area (Å²) >= 11 is 0. The average molecular weight is 285 g/mol. The van der Waals surface area contributed by atoms with Crippen molar-refractivity contribution in [1.29, 1.82) is 5.26 Å². The minimum Gasteiger partial charge on any atom is -0.350 e. The first kappa shape index (κ1) is 15.3. The second-order valence-corrected chi connectivity index (χ2v) is 5.68. The molecule has 0 fully saturated rings. The number of nitrogens with one attached hydrogen (secondary N) is 1. The molecule has 0 saturated heterocycles. The number of halogens is 1. The first-order valence-corrected chi connectivity index (χ1v) is 7.12. The summed E-state index contributed by atoms with van der Waals surface area (Å²) in [6.45, 7) is 6.73. The Hall–Kier alpha value is -2.12. The molecular weight excluding hydrogens is 265 g/mol. The summed E-state index contributed by atoms with van der Waals surface area (Å²) in [4.78, 5) is 0. The molecule has 0 saturated carbocycles. The van der Waals surface area contributed by atoms with Crippen molar-refractivity contribution in [3.05, 3.63) is 59.2 Å². The van der Waals surface area contributed by atoms with Crippen LogP contribution in [-0.2, 0) is 13.1 Å². The van der Waals surface area contributed by atoms with Crippen LogP contribution in [0.25, 0.3) is 0 Å². The van der Waals surface area contributed by atoms with E-state index < -0.39 is 0 Å². The first-order valence-electron chi connectivity index (χ1n) is 7.12. The molecule has 0 radical (unpaired) electrons. The Kier molecular flexibility index (Phi) is 5.13. The standard InChI is InChI=1S/C17H20FN3/c1-13(2)9-20-10-14-3-4-21(11-14)12-16-5-15(8-19)6-17(18)7-16/h3-7,11,13,20H,9-10,12H2,1-2H3. The predicted octanol–water partition coefficient (Wildman–Crippen LogP) is 3.29. The lowest BCUT2D eigenvalue weighted by atomic mass is 10.1. The number of hydrogen-bond donors (Lipinski definition) is 1. The summed E-state index contributed by atoms with van der Waals surface area (Å²) in [5, 5.41) is 12.3. The molecule has 0 spiro atoms. The van der Waals surface area contributed by atoms with Gasteiger partial charge in [0.1, 0.15) is 5.82 Å². The van der Waals surface area contributed by atoms with E-state index in [-0.39, 0.29) is 5.82 Å². The molecule has 4 heteroatoms. The number of nitriles is 1. The van der Waals surface area contributed by atoms with Crippen molar-refractivity contribution in [2.45, 2.75) is 26.9 Å². The number of nitrogens with zero attached hydrogens (tertiary/aromatic N) is 2. The largest absolute Gasteiger partial charge is 0.350 e. The Labute approximate surface area is 125 Å². The Balaban J connectivity index is 1.99. The van der Waals surface area contributed by atoms with Crippen LogP contribution in [0, 0.1) is 23.1 Å². The third kappa shape index (κ3) is 4.73. The summed E-state index contributed by atoms with van der Waals surface area (Å²) in [6, 6.07) is 8.47. The molecule has 0 aliphatic carbocycles. The van der Waals surface area contributed by atoms with Gasteiger partial charge in [-0.25, -0.2) is 4.39 Å². The summed E-state index contributed by atoms with van der Waals surface area (Å²) in [5.74, 6) is 0.263. The smallest absolute Gasteiger partial charge is 0.124 e. The Morgan fingerprint density at radius 2 is 2.10 bits per heavy atom.